The molecular weight excluding hydrogens is 667 g/mol. The van der Waals surface area contributed by atoms with Crippen molar-refractivity contribution in [2.45, 2.75) is 59.3 Å². The van der Waals surface area contributed by atoms with Crippen LogP contribution in [0.15, 0.2) is 150 Å². The summed E-state index contributed by atoms with van der Waals surface area (Å²) in [6, 6.07) is 54.1. The molecule has 1 aromatic heterocycles. The Bertz CT molecular complexity index is 2800. The van der Waals surface area contributed by atoms with E-state index in [0.29, 0.717) is 0 Å². The van der Waals surface area contributed by atoms with Crippen LogP contribution in [0.1, 0.15) is 58.2 Å². The third kappa shape index (κ3) is 5.18. The minimum Gasteiger partial charge on any atom is -0.456 e. The summed E-state index contributed by atoms with van der Waals surface area (Å²) in [5.41, 5.74) is 19.2. The fourth-order valence-electron chi connectivity index (χ4n) is 9.05. The van der Waals surface area contributed by atoms with Crippen molar-refractivity contribution < 1.29 is 4.42 Å². The van der Waals surface area contributed by atoms with E-state index in [0.717, 1.165) is 27.6 Å². The summed E-state index contributed by atoms with van der Waals surface area (Å²) in [6.45, 7) is 15.9. The smallest absolute Gasteiger partial charge is 0.333 e. The highest BCUT2D eigenvalue weighted by Crippen LogP contribution is 2.51. The lowest BCUT2D eigenvalue weighted by atomic mass is 9.43. The van der Waals surface area contributed by atoms with E-state index in [4.69, 9.17) is 4.42 Å². The van der Waals surface area contributed by atoms with Gasteiger partial charge in [-0.25, -0.2) is 0 Å². The average molecular weight is 713 g/mol. The van der Waals surface area contributed by atoms with Crippen molar-refractivity contribution in [3.8, 4) is 22.3 Å². The minimum atomic E-state index is -0.0840. The molecule has 3 nitrogen and oxygen atoms in total. The molecule has 0 saturated heterocycles. The van der Waals surface area contributed by atoms with Gasteiger partial charge in [0.25, 0.3) is 0 Å². The van der Waals surface area contributed by atoms with Crippen LogP contribution < -0.4 is 20.6 Å². The molecule has 0 amide bonds. The van der Waals surface area contributed by atoms with E-state index in [9.17, 15) is 0 Å². The number of anilines is 5. The number of hydrogen-bond donors (Lipinski definition) is 0. The van der Waals surface area contributed by atoms with Crippen LogP contribution in [0.4, 0.5) is 28.4 Å². The van der Waals surface area contributed by atoms with Gasteiger partial charge >= 0.3 is 6.85 Å². The fraction of sp³-hybridized carbons (Fsp3) is 0.176. The largest absolute Gasteiger partial charge is 0.456 e. The summed E-state index contributed by atoms with van der Waals surface area (Å²) < 4.78 is 6.67. The number of nitrogens with zero attached hydrogens (tertiary/aromatic N) is 2. The monoisotopic (exact) mass is 712 g/mol. The number of rotatable bonds is 3. The molecule has 4 heteroatoms. The van der Waals surface area contributed by atoms with Gasteiger partial charge in [-0.05, 0) is 105 Å². The number of fused-ring (bicyclic) bond motifs is 8. The van der Waals surface area contributed by atoms with Gasteiger partial charge in [-0.3, -0.25) is 0 Å². The Morgan fingerprint density at radius 3 is 1.98 bits per heavy atom. The molecular formula is C51H45BN2O. The van der Waals surface area contributed by atoms with Gasteiger partial charge in [0, 0.05) is 33.6 Å². The predicted molar refractivity (Wildman–Crippen MR) is 235 cm³/mol. The van der Waals surface area contributed by atoms with Crippen molar-refractivity contribution in [2.24, 2.45) is 0 Å². The SMILES string of the molecule is Cc1cc2c3c(c1)N(c1ccc(C(C)(C)C)cc1-c1ccccc1)c1c(ccc4oc5ccccc5c14)B3N(c1ccc(C(C)(C)C)cc1)c1ccccc1-2. The maximum Gasteiger partial charge on any atom is 0.333 e. The van der Waals surface area contributed by atoms with E-state index in [1.165, 1.54) is 72.6 Å². The van der Waals surface area contributed by atoms with E-state index >= 15 is 0 Å². The minimum absolute atomic E-state index is 0.0176. The van der Waals surface area contributed by atoms with Gasteiger partial charge in [0.15, 0.2) is 0 Å². The van der Waals surface area contributed by atoms with Gasteiger partial charge in [0.1, 0.15) is 11.2 Å². The molecule has 0 saturated carbocycles. The standard InChI is InChI=1S/C51H45BN2O/c1-32-29-40-37-17-11-13-19-43(37)54(36-24-21-34(22-25-36)50(2,3)4)52-41-26-28-46-47(38-18-12-14-20-45(38)55-46)49(41)53(44(30-32)48(40)52)42-27-23-35(51(5,6)7)31-39(42)33-15-9-8-10-16-33/h8-31H,1-7H3. The van der Waals surface area contributed by atoms with Gasteiger partial charge in [-0.15, -0.1) is 0 Å². The molecule has 0 bridgehead atoms. The van der Waals surface area contributed by atoms with Crippen LogP contribution in [-0.2, 0) is 10.8 Å². The topological polar surface area (TPSA) is 19.6 Å². The third-order valence-corrected chi connectivity index (χ3v) is 11.8. The van der Waals surface area contributed by atoms with E-state index in [-0.39, 0.29) is 17.7 Å². The second-order valence-corrected chi connectivity index (χ2v) is 17.5. The number of benzene rings is 7. The van der Waals surface area contributed by atoms with Crippen molar-refractivity contribution in [3.05, 3.63) is 162 Å². The maximum absolute atomic E-state index is 6.67. The van der Waals surface area contributed by atoms with Crippen LogP contribution in [0, 0.1) is 6.92 Å². The Hall–Kier alpha value is -6.00. The second-order valence-electron chi connectivity index (χ2n) is 17.5. The molecule has 2 aliphatic rings. The highest BCUT2D eigenvalue weighted by Gasteiger charge is 2.46. The normalized spacial score (nSPS) is 13.6. The lowest BCUT2D eigenvalue weighted by Crippen LogP contribution is -2.61. The van der Waals surface area contributed by atoms with Crippen LogP contribution in [0.25, 0.3) is 44.2 Å². The van der Waals surface area contributed by atoms with E-state index in [1.54, 1.807) is 0 Å². The van der Waals surface area contributed by atoms with Crippen molar-refractivity contribution in [1.29, 1.82) is 0 Å². The Balaban J connectivity index is 1.35. The number of furan rings is 1. The molecule has 0 fully saturated rings. The molecule has 0 radical (unpaired) electrons. The van der Waals surface area contributed by atoms with Crippen molar-refractivity contribution in [1.82, 2.24) is 0 Å². The van der Waals surface area contributed by atoms with Gasteiger partial charge in [0.2, 0.25) is 0 Å². The highest BCUT2D eigenvalue weighted by atomic mass is 16.3. The van der Waals surface area contributed by atoms with E-state index in [1.807, 2.05) is 0 Å². The maximum atomic E-state index is 6.67. The second kappa shape index (κ2) is 12.0. The Morgan fingerprint density at radius 2 is 1.22 bits per heavy atom. The molecule has 55 heavy (non-hydrogen) atoms. The zero-order valence-corrected chi connectivity index (χ0v) is 32.7. The van der Waals surface area contributed by atoms with Crippen LogP contribution in [-0.4, -0.2) is 6.85 Å². The molecule has 0 spiro atoms. The molecule has 3 heterocycles. The molecule has 10 rings (SSSR count). The molecule has 0 aliphatic carbocycles. The van der Waals surface area contributed by atoms with E-state index < -0.39 is 0 Å². The zero-order chi connectivity index (χ0) is 37.8. The molecule has 7 aromatic carbocycles. The number of hydrogen-bond acceptors (Lipinski definition) is 3. The lowest BCUT2D eigenvalue weighted by molar-refractivity contribution is 0.590. The predicted octanol–water partition coefficient (Wildman–Crippen LogP) is 12.9. The molecule has 0 N–H and O–H groups in total. The summed E-state index contributed by atoms with van der Waals surface area (Å²) in [5, 5.41) is 2.27. The number of aryl methyl sites for hydroxylation is 1. The Kier molecular flexibility index (Phi) is 7.32. The van der Waals surface area contributed by atoms with Crippen LogP contribution in [0.5, 0.6) is 0 Å². The molecule has 268 valence electrons. The first-order chi connectivity index (χ1) is 26.5. The number of para-hydroxylation sites is 2. The fourth-order valence-corrected chi connectivity index (χ4v) is 9.05. The first-order valence-electron chi connectivity index (χ1n) is 19.6. The molecule has 8 aromatic rings. The first kappa shape index (κ1) is 33.6. The van der Waals surface area contributed by atoms with Gasteiger partial charge in [0.05, 0.1) is 16.8 Å². The Labute approximate surface area is 325 Å². The summed E-state index contributed by atoms with van der Waals surface area (Å²) in [6.07, 6.45) is 0. The van der Waals surface area contributed by atoms with Crippen LogP contribution in [0.3, 0.4) is 0 Å². The Morgan fingerprint density at radius 1 is 0.527 bits per heavy atom. The third-order valence-electron chi connectivity index (χ3n) is 11.8. The van der Waals surface area contributed by atoms with E-state index in [2.05, 4.69) is 204 Å². The van der Waals surface area contributed by atoms with Crippen molar-refractivity contribution in [2.75, 3.05) is 9.71 Å². The molecule has 0 atom stereocenters. The quantitative estimate of drug-likeness (QED) is 0.170. The summed E-state index contributed by atoms with van der Waals surface area (Å²) in [7, 11) is 0. The summed E-state index contributed by atoms with van der Waals surface area (Å²) >= 11 is 0. The first-order valence-corrected chi connectivity index (χ1v) is 19.6. The van der Waals surface area contributed by atoms with Gasteiger partial charge in [-0.2, -0.15) is 0 Å². The van der Waals surface area contributed by atoms with Crippen LogP contribution in [0.2, 0.25) is 0 Å². The van der Waals surface area contributed by atoms with Crippen molar-refractivity contribution >= 4 is 68.1 Å². The zero-order valence-electron chi connectivity index (χ0n) is 32.7. The summed E-state index contributed by atoms with van der Waals surface area (Å²) in [4.78, 5) is 5.17. The highest BCUT2D eigenvalue weighted by molar-refractivity contribution is 6.94. The lowest BCUT2D eigenvalue weighted by Gasteiger charge is -2.46. The van der Waals surface area contributed by atoms with Gasteiger partial charge < -0.3 is 14.1 Å². The molecule has 0 unspecified atom stereocenters. The van der Waals surface area contributed by atoms with Crippen LogP contribution >= 0.6 is 0 Å². The van der Waals surface area contributed by atoms with Gasteiger partial charge in [-0.1, -0.05) is 139 Å². The molecule has 2 aliphatic heterocycles. The van der Waals surface area contributed by atoms with Crippen molar-refractivity contribution in [3.63, 3.8) is 0 Å². The average Bonchev–Trinajstić information content (AvgIpc) is 3.56. The summed E-state index contributed by atoms with van der Waals surface area (Å²) in [5.74, 6) is 0.